The van der Waals surface area contributed by atoms with E-state index < -0.39 is 0 Å². The van der Waals surface area contributed by atoms with Crippen LogP contribution in [-0.2, 0) is 11.3 Å². The lowest BCUT2D eigenvalue weighted by Gasteiger charge is -2.29. The third-order valence-electron chi connectivity index (χ3n) is 6.36. The van der Waals surface area contributed by atoms with E-state index in [-0.39, 0.29) is 5.41 Å². The third-order valence-corrected chi connectivity index (χ3v) is 6.36. The molecule has 4 fully saturated rings. The molecule has 112 valence electrons. The van der Waals surface area contributed by atoms with E-state index in [1.165, 1.54) is 12.8 Å². The number of amides is 1. The van der Waals surface area contributed by atoms with E-state index in [1.807, 2.05) is 12.5 Å². The Morgan fingerprint density at radius 2 is 1.95 bits per heavy atom. The van der Waals surface area contributed by atoms with Crippen molar-refractivity contribution in [3.8, 4) is 0 Å². The maximum absolute atomic E-state index is 13.2. The molecule has 2 bridgehead atoms. The summed E-state index contributed by atoms with van der Waals surface area (Å²) >= 11 is 0. The molecule has 0 unspecified atom stereocenters. The smallest absolute Gasteiger partial charge is 0.231 e. The Balaban J connectivity index is 1.40. The predicted molar refractivity (Wildman–Crippen MR) is 77.4 cm³/mol. The van der Waals surface area contributed by atoms with Crippen LogP contribution in [0, 0.1) is 17.3 Å². The van der Waals surface area contributed by atoms with Crippen molar-refractivity contribution in [1.29, 1.82) is 0 Å². The van der Waals surface area contributed by atoms with Gasteiger partial charge in [-0.3, -0.25) is 4.79 Å². The Kier molecular flexibility index (Phi) is 2.38. The van der Waals surface area contributed by atoms with Gasteiger partial charge < -0.3 is 14.8 Å². The highest BCUT2D eigenvalue weighted by atomic mass is 16.2. The molecule has 4 heterocycles. The van der Waals surface area contributed by atoms with Crippen LogP contribution in [-0.4, -0.2) is 45.5 Å². The number of nitrogens with one attached hydrogen (secondary N) is 1. The third kappa shape index (κ3) is 1.61. The zero-order valence-electron chi connectivity index (χ0n) is 12.2. The summed E-state index contributed by atoms with van der Waals surface area (Å²) in [4.78, 5) is 19.6. The molecule has 3 saturated heterocycles. The van der Waals surface area contributed by atoms with Crippen LogP contribution in [0.1, 0.15) is 25.7 Å². The molecule has 21 heavy (non-hydrogen) atoms. The van der Waals surface area contributed by atoms with E-state index in [1.54, 1.807) is 6.20 Å². The molecule has 5 heteroatoms. The first kappa shape index (κ1) is 12.2. The van der Waals surface area contributed by atoms with Crippen LogP contribution in [0.15, 0.2) is 18.7 Å². The molecule has 0 spiro atoms. The molecule has 1 saturated carbocycles. The molecular weight excluding hydrogens is 264 g/mol. The quantitative estimate of drug-likeness (QED) is 0.897. The van der Waals surface area contributed by atoms with E-state index in [4.69, 9.17) is 0 Å². The van der Waals surface area contributed by atoms with Gasteiger partial charge in [-0.05, 0) is 37.5 Å². The van der Waals surface area contributed by atoms with Crippen LogP contribution < -0.4 is 5.32 Å². The summed E-state index contributed by atoms with van der Waals surface area (Å²) in [5.74, 6) is 1.88. The predicted octanol–water partition coefficient (Wildman–Crippen LogP) is 0.872. The zero-order valence-corrected chi connectivity index (χ0v) is 12.2. The first-order valence-corrected chi connectivity index (χ1v) is 8.28. The monoisotopic (exact) mass is 286 g/mol. The summed E-state index contributed by atoms with van der Waals surface area (Å²) in [5.41, 5.74) is -0.117. The first-order valence-electron chi connectivity index (χ1n) is 8.28. The average molecular weight is 286 g/mol. The standard InChI is InChI=1S/C16H22N4O/c21-15(16(3-4-16)9-19-6-5-17-10-19)20-13-1-2-14(20)12-8-18-7-11(12)13/h5-6,10-14,18H,1-4,7-9H2/t11-,12+,13-,14+. The maximum Gasteiger partial charge on any atom is 0.231 e. The van der Waals surface area contributed by atoms with Crippen LogP contribution in [0.25, 0.3) is 0 Å². The second-order valence-corrected chi connectivity index (χ2v) is 7.43. The Morgan fingerprint density at radius 1 is 1.24 bits per heavy atom. The molecule has 1 amide bonds. The highest BCUT2D eigenvalue weighted by Gasteiger charge is 2.61. The van der Waals surface area contributed by atoms with Crippen molar-refractivity contribution in [1.82, 2.24) is 19.8 Å². The topological polar surface area (TPSA) is 50.2 Å². The second kappa shape index (κ2) is 4.09. The summed E-state index contributed by atoms with van der Waals surface area (Å²) in [6.45, 7) is 3.05. The van der Waals surface area contributed by atoms with E-state index >= 15 is 0 Å². The summed E-state index contributed by atoms with van der Waals surface area (Å²) in [5, 5.41) is 3.52. The number of fused-ring (bicyclic) bond motifs is 5. The molecular formula is C16H22N4O. The van der Waals surface area contributed by atoms with Gasteiger partial charge in [0.15, 0.2) is 0 Å². The highest BCUT2D eigenvalue weighted by molar-refractivity contribution is 5.86. The summed E-state index contributed by atoms with van der Waals surface area (Å²) in [7, 11) is 0. The zero-order chi connectivity index (χ0) is 14.0. The van der Waals surface area contributed by atoms with Gasteiger partial charge in [-0.1, -0.05) is 0 Å². The minimum Gasteiger partial charge on any atom is -0.336 e. The lowest BCUT2D eigenvalue weighted by atomic mass is 9.82. The summed E-state index contributed by atoms with van der Waals surface area (Å²) < 4.78 is 2.07. The number of carbonyl (C=O) groups excluding carboxylic acids is 1. The van der Waals surface area contributed by atoms with Crippen LogP contribution in [0.2, 0.25) is 0 Å². The van der Waals surface area contributed by atoms with Gasteiger partial charge in [0, 0.05) is 44.1 Å². The normalized spacial score (nSPS) is 38.8. The van der Waals surface area contributed by atoms with Gasteiger partial charge in [0.05, 0.1) is 11.7 Å². The average Bonchev–Trinajstić information content (AvgIpc) is 2.97. The first-order chi connectivity index (χ1) is 10.3. The highest BCUT2D eigenvalue weighted by Crippen LogP contribution is 2.54. The van der Waals surface area contributed by atoms with Crippen molar-refractivity contribution in [3.63, 3.8) is 0 Å². The van der Waals surface area contributed by atoms with Crippen molar-refractivity contribution in [3.05, 3.63) is 18.7 Å². The van der Waals surface area contributed by atoms with Crippen LogP contribution in [0.4, 0.5) is 0 Å². The van der Waals surface area contributed by atoms with E-state index in [9.17, 15) is 4.79 Å². The molecule has 4 aliphatic rings. The van der Waals surface area contributed by atoms with Crippen LogP contribution >= 0.6 is 0 Å². The van der Waals surface area contributed by atoms with Gasteiger partial charge in [-0.15, -0.1) is 0 Å². The fourth-order valence-corrected chi connectivity index (χ4v) is 5.16. The van der Waals surface area contributed by atoms with Crippen molar-refractivity contribution < 1.29 is 4.79 Å². The molecule has 4 atom stereocenters. The van der Waals surface area contributed by atoms with Gasteiger partial charge in [-0.25, -0.2) is 4.98 Å². The minimum absolute atomic E-state index is 0.117. The largest absolute Gasteiger partial charge is 0.336 e. The van der Waals surface area contributed by atoms with Crippen molar-refractivity contribution >= 4 is 5.91 Å². The van der Waals surface area contributed by atoms with E-state index in [0.717, 1.165) is 44.3 Å². The van der Waals surface area contributed by atoms with Gasteiger partial charge in [0.2, 0.25) is 5.91 Å². The number of hydrogen-bond acceptors (Lipinski definition) is 3. The molecule has 1 aromatic heterocycles. The fraction of sp³-hybridized carbons (Fsp3) is 0.750. The molecule has 5 rings (SSSR count). The fourth-order valence-electron chi connectivity index (χ4n) is 5.16. The Morgan fingerprint density at radius 3 is 2.52 bits per heavy atom. The van der Waals surface area contributed by atoms with Gasteiger partial charge in [-0.2, -0.15) is 0 Å². The second-order valence-electron chi connectivity index (χ2n) is 7.43. The lowest BCUT2D eigenvalue weighted by Crippen LogP contribution is -2.44. The van der Waals surface area contributed by atoms with Crippen LogP contribution in [0.5, 0.6) is 0 Å². The number of hydrogen-bond donors (Lipinski definition) is 1. The van der Waals surface area contributed by atoms with Crippen molar-refractivity contribution in [2.45, 2.75) is 44.3 Å². The molecule has 0 aromatic carbocycles. The lowest BCUT2D eigenvalue weighted by molar-refractivity contribution is -0.139. The summed E-state index contributed by atoms with van der Waals surface area (Å²) in [6.07, 6.45) is 10.2. The number of imidazole rings is 1. The van der Waals surface area contributed by atoms with Crippen molar-refractivity contribution in [2.24, 2.45) is 17.3 Å². The minimum atomic E-state index is -0.117. The molecule has 1 aliphatic carbocycles. The summed E-state index contributed by atoms with van der Waals surface area (Å²) in [6, 6.07) is 1.03. The van der Waals surface area contributed by atoms with E-state index in [0.29, 0.717) is 18.0 Å². The van der Waals surface area contributed by atoms with Gasteiger partial charge >= 0.3 is 0 Å². The van der Waals surface area contributed by atoms with Gasteiger partial charge in [0.1, 0.15) is 0 Å². The molecule has 0 radical (unpaired) electrons. The number of rotatable bonds is 3. The number of nitrogens with zero attached hydrogens (tertiary/aromatic N) is 3. The SMILES string of the molecule is O=C(N1[C@@H]2CC[C@H]1[C@H]1CNC[C@H]12)C1(Cn2ccnc2)CC1. The molecule has 1 N–H and O–H groups in total. The maximum atomic E-state index is 13.2. The Bertz CT molecular complexity index is 547. The Hall–Kier alpha value is -1.36. The molecule has 5 nitrogen and oxygen atoms in total. The van der Waals surface area contributed by atoms with Crippen LogP contribution in [0.3, 0.4) is 0 Å². The number of aromatic nitrogens is 2. The Labute approximate surface area is 124 Å². The van der Waals surface area contributed by atoms with E-state index in [2.05, 4.69) is 19.8 Å². The molecule has 3 aliphatic heterocycles. The molecule has 1 aromatic rings. The number of carbonyl (C=O) groups is 1. The van der Waals surface area contributed by atoms with Gasteiger partial charge in [0.25, 0.3) is 0 Å². The van der Waals surface area contributed by atoms with Crippen molar-refractivity contribution in [2.75, 3.05) is 13.1 Å².